The molecule has 9 atom stereocenters. The summed E-state index contributed by atoms with van der Waals surface area (Å²) in [5.74, 6) is 1.83. The van der Waals surface area contributed by atoms with Gasteiger partial charge < -0.3 is 33.9 Å². The van der Waals surface area contributed by atoms with Gasteiger partial charge in [0, 0.05) is 36.9 Å². The first kappa shape index (κ1) is 32.0. The Morgan fingerprint density at radius 1 is 0.957 bits per heavy atom. The predicted molar refractivity (Wildman–Crippen MR) is 174 cm³/mol. The van der Waals surface area contributed by atoms with Crippen LogP contribution in [0.5, 0.6) is 5.75 Å². The van der Waals surface area contributed by atoms with Crippen LogP contribution in [0.2, 0.25) is 0 Å². The van der Waals surface area contributed by atoms with E-state index in [-0.39, 0.29) is 22.5 Å². The highest BCUT2D eigenvalue weighted by atomic mass is 16.7. The Kier molecular flexibility index (Phi) is 7.76. The summed E-state index contributed by atoms with van der Waals surface area (Å²) in [4.78, 5) is 0. The molecule has 1 aromatic carbocycles. The number of fused-ring (bicyclic) bond motifs is 4. The molecule has 2 aliphatic heterocycles. The molecule has 0 radical (unpaired) electrons. The second-order valence-electron chi connectivity index (χ2n) is 17.7. The number of hydrogen-bond donors (Lipinski definition) is 2. The van der Waals surface area contributed by atoms with Crippen molar-refractivity contribution in [3.8, 4) is 5.75 Å². The van der Waals surface area contributed by atoms with E-state index in [9.17, 15) is 10.2 Å². The van der Waals surface area contributed by atoms with Crippen molar-refractivity contribution in [2.75, 3.05) is 33.5 Å². The van der Waals surface area contributed by atoms with E-state index in [2.05, 4.69) is 39.0 Å². The fraction of sp³-hybridized carbons (Fsp3) is 0.846. The molecule has 7 heteroatoms. The van der Waals surface area contributed by atoms with Crippen molar-refractivity contribution < 1.29 is 33.9 Å². The van der Waals surface area contributed by atoms with Crippen molar-refractivity contribution >= 4 is 0 Å². The van der Waals surface area contributed by atoms with Gasteiger partial charge in [-0.3, -0.25) is 0 Å². The van der Waals surface area contributed by atoms with E-state index in [1.54, 1.807) is 7.11 Å². The summed E-state index contributed by atoms with van der Waals surface area (Å²) >= 11 is 0. The van der Waals surface area contributed by atoms with E-state index >= 15 is 0 Å². The molecule has 2 heterocycles. The Labute approximate surface area is 276 Å². The molecule has 7 nitrogen and oxygen atoms in total. The van der Waals surface area contributed by atoms with Crippen LogP contribution in [-0.4, -0.2) is 67.0 Å². The molecular weight excluding hydrogens is 580 g/mol. The SMILES string of the molecule is COc1ccc2c(c1)C[C@]13CCC4(C[C@]1(O)CC[C@@H]1C3C2C[C@@]2(C)[C@@H]1CC[C@]2(O)CCCOC1CCCCO1)OCC(C)(C)CO4. The minimum Gasteiger partial charge on any atom is -0.497 e. The summed E-state index contributed by atoms with van der Waals surface area (Å²) in [6, 6.07) is 6.68. The lowest BCUT2D eigenvalue weighted by atomic mass is 9.36. The Hall–Kier alpha value is -1.22. The molecule has 2 saturated heterocycles. The van der Waals surface area contributed by atoms with Crippen LogP contribution in [0, 0.1) is 34.0 Å². The summed E-state index contributed by atoms with van der Waals surface area (Å²) in [6.45, 7) is 9.58. The molecule has 7 aliphatic rings. The minimum absolute atomic E-state index is 0.00500. The van der Waals surface area contributed by atoms with Crippen LogP contribution in [0.15, 0.2) is 18.2 Å². The lowest BCUT2D eigenvalue weighted by Gasteiger charge is -2.70. The van der Waals surface area contributed by atoms with Gasteiger partial charge in [0.05, 0.1) is 31.5 Å². The highest BCUT2D eigenvalue weighted by Crippen LogP contribution is 2.75. The smallest absolute Gasteiger partial charge is 0.171 e. The van der Waals surface area contributed by atoms with Crippen LogP contribution in [0.25, 0.3) is 0 Å². The van der Waals surface area contributed by atoms with Crippen LogP contribution in [0.1, 0.15) is 121 Å². The molecule has 2 spiro atoms. The molecule has 2 N–H and O–H groups in total. The molecule has 0 amide bonds. The maximum absolute atomic E-state index is 13.0. The third-order valence-electron chi connectivity index (χ3n) is 14.7. The highest BCUT2D eigenvalue weighted by Gasteiger charge is 2.73. The van der Waals surface area contributed by atoms with E-state index < -0.39 is 17.0 Å². The van der Waals surface area contributed by atoms with Crippen molar-refractivity contribution in [2.45, 2.75) is 140 Å². The Bertz CT molecular complexity index is 1300. The van der Waals surface area contributed by atoms with Crippen LogP contribution in [0.3, 0.4) is 0 Å². The molecular formula is C39H58O7. The standard InChI is InChI=1S/C39H58O7/c1-34(2)24-45-39(46-25-34)17-16-36-21-26-20-27(42-4)9-10-28(26)30-22-35(3)31(29(33(30)36)11-14-38(36,41)23-39)12-15-37(35,40)13-7-19-44-32-8-5-6-18-43-32/h9-10,20,29-33,40-41H,5-8,11-19,21-25H2,1-4H3/t29-,30?,31+,32?,33?,35-,36-,37+,38+/m0/s1. The highest BCUT2D eigenvalue weighted by molar-refractivity contribution is 5.44. The third-order valence-corrected chi connectivity index (χ3v) is 14.7. The largest absolute Gasteiger partial charge is 0.497 e. The minimum atomic E-state index is -0.853. The molecule has 46 heavy (non-hydrogen) atoms. The van der Waals surface area contributed by atoms with Gasteiger partial charge in [-0.2, -0.15) is 0 Å². The van der Waals surface area contributed by atoms with Gasteiger partial charge >= 0.3 is 0 Å². The van der Waals surface area contributed by atoms with Gasteiger partial charge in [0.2, 0.25) is 0 Å². The van der Waals surface area contributed by atoms with E-state index in [4.69, 9.17) is 23.7 Å². The summed E-state index contributed by atoms with van der Waals surface area (Å²) in [5, 5.41) is 25.6. The fourth-order valence-corrected chi connectivity index (χ4v) is 12.3. The van der Waals surface area contributed by atoms with E-state index in [0.717, 1.165) is 89.4 Å². The molecule has 4 saturated carbocycles. The molecule has 5 aliphatic carbocycles. The van der Waals surface area contributed by atoms with Gasteiger partial charge in [-0.05, 0) is 129 Å². The fourth-order valence-electron chi connectivity index (χ4n) is 12.3. The molecule has 0 bridgehead atoms. The maximum Gasteiger partial charge on any atom is 0.171 e. The van der Waals surface area contributed by atoms with Gasteiger partial charge in [-0.1, -0.05) is 26.8 Å². The van der Waals surface area contributed by atoms with Crippen LogP contribution < -0.4 is 4.74 Å². The normalized spacial score (nSPS) is 45.3. The molecule has 3 unspecified atom stereocenters. The number of rotatable bonds is 6. The number of benzene rings is 1. The van der Waals surface area contributed by atoms with Gasteiger partial charge in [0.1, 0.15) is 5.75 Å². The van der Waals surface area contributed by atoms with Crippen LogP contribution in [-0.2, 0) is 25.4 Å². The molecule has 0 aromatic heterocycles. The number of ether oxygens (including phenoxy) is 5. The average molecular weight is 639 g/mol. The van der Waals surface area contributed by atoms with E-state index in [1.165, 1.54) is 17.5 Å². The first-order chi connectivity index (χ1) is 21.9. The van der Waals surface area contributed by atoms with Crippen molar-refractivity contribution in [1.29, 1.82) is 0 Å². The lowest BCUT2D eigenvalue weighted by molar-refractivity contribution is -0.358. The topological polar surface area (TPSA) is 86.6 Å². The van der Waals surface area contributed by atoms with Crippen LogP contribution in [0.4, 0.5) is 0 Å². The van der Waals surface area contributed by atoms with E-state index in [1.807, 2.05) is 0 Å². The number of hydrogen-bond acceptors (Lipinski definition) is 7. The zero-order valence-electron chi connectivity index (χ0n) is 28.8. The van der Waals surface area contributed by atoms with Crippen molar-refractivity contribution in [3.05, 3.63) is 29.3 Å². The second-order valence-corrected chi connectivity index (χ2v) is 17.7. The summed E-state index contributed by atoms with van der Waals surface area (Å²) in [7, 11) is 1.75. The monoisotopic (exact) mass is 638 g/mol. The first-order valence-corrected chi connectivity index (χ1v) is 18.6. The average Bonchev–Trinajstić information content (AvgIpc) is 3.31. The Morgan fingerprint density at radius 2 is 1.78 bits per heavy atom. The summed E-state index contributed by atoms with van der Waals surface area (Å²) in [6.07, 6.45) is 12.7. The van der Waals surface area contributed by atoms with Crippen molar-refractivity contribution in [3.63, 3.8) is 0 Å². The number of aliphatic hydroxyl groups is 2. The second kappa shape index (κ2) is 11.1. The third kappa shape index (κ3) is 4.80. The van der Waals surface area contributed by atoms with Crippen molar-refractivity contribution in [1.82, 2.24) is 0 Å². The van der Waals surface area contributed by atoms with Crippen molar-refractivity contribution in [2.24, 2.45) is 34.0 Å². The van der Waals surface area contributed by atoms with Gasteiger partial charge in [0.15, 0.2) is 12.1 Å². The van der Waals surface area contributed by atoms with E-state index in [0.29, 0.717) is 49.9 Å². The molecule has 1 aromatic rings. The van der Waals surface area contributed by atoms with Gasteiger partial charge in [-0.15, -0.1) is 0 Å². The number of methoxy groups -OCH3 is 1. The summed E-state index contributed by atoms with van der Waals surface area (Å²) in [5.41, 5.74) is 0.764. The molecule has 256 valence electrons. The molecule has 6 fully saturated rings. The zero-order valence-corrected chi connectivity index (χ0v) is 28.8. The lowest BCUT2D eigenvalue weighted by Crippen LogP contribution is -2.71. The van der Waals surface area contributed by atoms with Gasteiger partial charge in [-0.25, -0.2) is 0 Å². The van der Waals surface area contributed by atoms with Gasteiger partial charge in [0.25, 0.3) is 0 Å². The summed E-state index contributed by atoms with van der Waals surface area (Å²) < 4.78 is 30.8. The molecule has 8 rings (SSSR count). The maximum atomic E-state index is 13.0. The quantitative estimate of drug-likeness (QED) is 0.328. The predicted octanol–water partition coefficient (Wildman–Crippen LogP) is 6.91. The Morgan fingerprint density at radius 3 is 2.54 bits per heavy atom. The zero-order chi connectivity index (χ0) is 32.0. The first-order valence-electron chi connectivity index (χ1n) is 18.6. The Balaban J connectivity index is 1.11. The van der Waals surface area contributed by atoms with Crippen LogP contribution >= 0.6 is 0 Å².